The molecule has 0 aliphatic carbocycles. The normalized spacial score (nSPS) is 9.93. The minimum Gasteiger partial charge on any atom is -1.00 e. The average Bonchev–Trinajstić information content (AvgIpc) is 2.17. The summed E-state index contributed by atoms with van der Waals surface area (Å²) in [7, 11) is -3.36. The first-order valence-corrected chi connectivity index (χ1v) is 5.04. The molecule has 0 saturated carbocycles. The van der Waals surface area contributed by atoms with Gasteiger partial charge in [-0.05, 0) is 12.1 Å². The molecule has 1 aromatic rings. The molecular weight excluding hydrogens is 231 g/mol. The Bertz CT molecular complexity index is 419. The Morgan fingerprint density at radius 1 is 1.27 bits per heavy atom. The van der Waals surface area contributed by atoms with Crippen molar-refractivity contribution in [1.29, 1.82) is 0 Å². The number of hydrogen-bond donors (Lipinski definition) is 0. The molecule has 0 fully saturated rings. The van der Waals surface area contributed by atoms with Crippen LogP contribution in [0.4, 0.5) is 4.79 Å². The Labute approximate surface area is 111 Å². The number of methoxy groups -OCH3 is 1. The Kier molecular flexibility index (Phi) is 5.89. The van der Waals surface area contributed by atoms with Gasteiger partial charge in [0.1, 0.15) is 5.75 Å². The molecule has 0 atom stereocenters. The third-order valence-electron chi connectivity index (χ3n) is 1.32. The predicted octanol–water partition coefficient (Wildman–Crippen LogP) is -1.72. The number of carbonyl (C=O) groups excluding carboxylic acids is 1. The summed E-state index contributed by atoms with van der Waals surface area (Å²) in [5.41, 5.74) is 0. The van der Waals surface area contributed by atoms with Crippen molar-refractivity contribution < 1.29 is 53.1 Å². The zero-order valence-electron chi connectivity index (χ0n) is 9.34. The van der Waals surface area contributed by atoms with Crippen molar-refractivity contribution >= 4 is 15.4 Å². The molecule has 0 aromatic heterocycles. The van der Waals surface area contributed by atoms with Crippen LogP contribution in [0.15, 0.2) is 30.3 Å². The van der Waals surface area contributed by atoms with Crippen LogP contribution in [0.5, 0.6) is 5.75 Å². The Hall–Kier alpha value is -0.560. The second kappa shape index (κ2) is 6.12. The van der Waals surface area contributed by atoms with Crippen molar-refractivity contribution in [2.75, 3.05) is 7.11 Å². The minimum absolute atomic E-state index is 0. The first-order valence-electron chi connectivity index (χ1n) is 3.64. The van der Waals surface area contributed by atoms with Gasteiger partial charge in [0.15, 0.2) is 0 Å². The molecule has 0 radical (unpaired) electrons. The second-order valence-corrected chi connectivity index (χ2v) is 3.71. The van der Waals surface area contributed by atoms with Gasteiger partial charge in [0.05, 0.1) is 7.11 Å². The molecule has 0 N–H and O–H groups in total. The zero-order chi connectivity index (χ0) is 10.6. The number of carbonyl (C=O) groups is 1. The largest absolute Gasteiger partial charge is 1.00 e. The van der Waals surface area contributed by atoms with Crippen molar-refractivity contribution in [2.24, 2.45) is 0 Å². The molecule has 0 bridgehead atoms. The van der Waals surface area contributed by atoms with E-state index in [1.807, 2.05) is 0 Å². The van der Waals surface area contributed by atoms with Crippen molar-refractivity contribution in [3.05, 3.63) is 30.3 Å². The Morgan fingerprint density at radius 2 is 1.80 bits per heavy atom. The number of benzene rings is 1. The summed E-state index contributed by atoms with van der Waals surface area (Å²) in [5.74, 6) is 0.0675. The first kappa shape index (κ1) is 14.4. The molecule has 0 unspecified atom stereocenters. The van der Waals surface area contributed by atoms with Gasteiger partial charge in [-0.1, -0.05) is 18.2 Å². The van der Waals surface area contributed by atoms with E-state index in [0.717, 1.165) is 7.11 Å². The monoisotopic (exact) mass is 240 g/mol. The fraction of sp³-hybridized carbons (Fsp3) is 0.125. The minimum atomic E-state index is -4.32. The van der Waals surface area contributed by atoms with Gasteiger partial charge < -0.3 is 10.3 Å². The molecule has 0 aliphatic rings. The van der Waals surface area contributed by atoms with Crippen LogP contribution in [0.1, 0.15) is 1.43 Å². The number of rotatable bonds is 2. The van der Waals surface area contributed by atoms with Gasteiger partial charge in [-0.25, -0.2) is 4.79 Å². The van der Waals surface area contributed by atoms with E-state index in [2.05, 4.69) is 8.92 Å². The molecule has 0 spiro atoms. The van der Waals surface area contributed by atoms with Gasteiger partial charge in [0.25, 0.3) is 0 Å². The average molecular weight is 240 g/mol. The van der Waals surface area contributed by atoms with Gasteiger partial charge in [0, 0.05) is 0 Å². The van der Waals surface area contributed by atoms with Crippen LogP contribution in [-0.4, -0.2) is 20.8 Å². The van der Waals surface area contributed by atoms with E-state index < -0.39 is 15.4 Å². The third-order valence-corrected chi connectivity index (χ3v) is 2.31. The third kappa shape index (κ3) is 4.21. The van der Waals surface area contributed by atoms with Gasteiger partial charge in [-0.15, -0.1) is 0 Å². The number of para-hydroxylation sites is 1. The van der Waals surface area contributed by atoms with E-state index in [-0.39, 0.29) is 36.7 Å². The number of hydrogen-bond acceptors (Lipinski definition) is 5. The molecule has 5 nitrogen and oxygen atoms in total. The van der Waals surface area contributed by atoms with Crippen LogP contribution >= 0.6 is 0 Å². The Morgan fingerprint density at radius 3 is 2.27 bits per heavy atom. The van der Waals surface area contributed by atoms with Gasteiger partial charge >= 0.3 is 45.0 Å². The van der Waals surface area contributed by atoms with Crippen LogP contribution in [0.2, 0.25) is 0 Å². The summed E-state index contributed by atoms with van der Waals surface area (Å²) in [6.07, 6.45) is 0. The first-order chi connectivity index (χ1) is 6.56. The molecule has 1 rings (SSSR count). The Balaban J connectivity index is 0. The summed E-state index contributed by atoms with van der Waals surface area (Å²) in [5, 5.41) is -1.42. The van der Waals surface area contributed by atoms with E-state index in [1.165, 1.54) is 12.1 Å². The fourth-order valence-electron chi connectivity index (χ4n) is 0.739. The SMILES string of the molecule is COC(=O)S(=O)(=O)Oc1ccccc1.[H-].[Na+]. The van der Waals surface area contributed by atoms with Gasteiger partial charge in [0.2, 0.25) is 0 Å². The molecule has 0 saturated heterocycles. The van der Waals surface area contributed by atoms with Gasteiger partial charge in [-0.3, -0.25) is 0 Å². The van der Waals surface area contributed by atoms with Crippen molar-refractivity contribution in [2.45, 2.75) is 0 Å². The smallest absolute Gasteiger partial charge is 1.00 e. The van der Waals surface area contributed by atoms with Crippen molar-refractivity contribution in [3.63, 3.8) is 0 Å². The van der Waals surface area contributed by atoms with E-state index in [1.54, 1.807) is 18.2 Å². The summed E-state index contributed by atoms with van der Waals surface area (Å²) in [4.78, 5) is 10.7. The van der Waals surface area contributed by atoms with Crippen LogP contribution in [-0.2, 0) is 14.9 Å². The summed E-state index contributed by atoms with van der Waals surface area (Å²) in [6.45, 7) is 0. The van der Waals surface area contributed by atoms with E-state index in [9.17, 15) is 13.2 Å². The van der Waals surface area contributed by atoms with Crippen LogP contribution in [0, 0.1) is 0 Å². The zero-order valence-corrected chi connectivity index (χ0v) is 11.2. The molecule has 1 aromatic carbocycles. The topological polar surface area (TPSA) is 69.7 Å². The quantitative estimate of drug-likeness (QED) is 0.349. The maximum absolute atomic E-state index is 11.0. The van der Waals surface area contributed by atoms with E-state index in [0.29, 0.717) is 0 Å². The number of ether oxygens (including phenoxy) is 1. The maximum Gasteiger partial charge on any atom is 1.00 e. The molecule has 78 valence electrons. The molecule has 15 heavy (non-hydrogen) atoms. The molecule has 0 heterocycles. The van der Waals surface area contributed by atoms with E-state index >= 15 is 0 Å². The summed E-state index contributed by atoms with van der Waals surface area (Å²) < 4.78 is 30.6. The summed E-state index contributed by atoms with van der Waals surface area (Å²) >= 11 is 0. The van der Waals surface area contributed by atoms with Crippen molar-refractivity contribution in [1.82, 2.24) is 0 Å². The van der Waals surface area contributed by atoms with E-state index in [4.69, 9.17) is 0 Å². The van der Waals surface area contributed by atoms with Crippen LogP contribution in [0.25, 0.3) is 0 Å². The van der Waals surface area contributed by atoms with Crippen LogP contribution in [0.3, 0.4) is 0 Å². The van der Waals surface area contributed by atoms with Crippen LogP contribution < -0.4 is 33.7 Å². The molecular formula is C8H9NaO5S. The molecule has 0 aliphatic heterocycles. The predicted molar refractivity (Wildman–Crippen MR) is 49.5 cm³/mol. The van der Waals surface area contributed by atoms with Gasteiger partial charge in [-0.2, -0.15) is 8.42 Å². The molecule has 0 amide bonds. The molecule has 7 heteroatoms. The maximum atomic E-state index is 11.0. The fourth-order valence-corrected chi connectivity index (χ4v) is 1.38. The standard InChI is InChI=1S/C8H8O5S.Na.H/c1-12-8(9)14(10,11)13-7-5-3-2-4-6-7;;/h2-6H,1H3;;/q;+1;-1. The van der Waals surface area contributed by atoms with Crippen molar-refractivity contribution in [3.8, 4) is 5.75 Å². The second-order valence-electron chi connectivity index (χ2n) is 2.30. The summed E-state index contributed by atoms with van der Waals surface area (Å²) in [6, 6.07) is 7.70.